The minimum atomic E-state index is -0.392. The summed E-state index contributed by atoms with van der Waals surface area (Å²) in [5.74, 6) is 0.583. The quantitative estimate of drug-likeness (QED) is 0.873. The normalized spacial score (nSPS) is 18.4. The molecule has 1 aromatic rings. The van der Waals surface area contributed by atoms with Crippen molar-refractivity contribution in [3.63, 3.8) is 0 Å². The van der Waals surface area contributed by atoms with E-state index in [0.29, 0.717) is 37.7 Å². The average molecular weight is 274 g/mol. The number of hydrogen-bond donors (Lipinski definition) is 1. The van der Waals surface area contributed by atoms with E-state index in [9.17, 15) is 4.79 Å². The molecule has 1 atom stereocenters. The molecule has 20 heavy (non-hydrogen) atoms. The summed E-state index contributed by atoms with van der Waals surface area (Å²) in [7, 11) is 0. The summed E-state index contributed by atoms with van der Waals surface area (Å²) in [5.41, 5.74) is 0.536. The van der Waals surface area contributed by atoms with Gasteiger partial charge in [0.1, 0.15) is 11.9 Å². The Balaban J connectivity index is 2.17. The van der Waals surface area contributed by atoms with Gasteiger partial charge in [-0.25, -0.2) is 4.98 Å². The molecule has 1 aliphatic heterocycles. The summed E-state index contributed by atoms with van der Waals surface area (Å²) in [6, 6.07) is 5.04. The van der Waals surface area contributed by atoms with Gasteiger partial charge in [0.2, 0.25) is 5.91 Å². The molecule has 0 bridgehead atoms. The van der Waals surface area contributed by atoms with Crippen LogP contribution in [0, 0.1) is 11.3 Å². The largest absolute Gasteiger partial charge is 0.377 e. The van der Waals surface area contributed by atoms with E-state index in [-0.39, 0.29) is 5.91 Å². The van der Waals surface area contributed by atoms with Gasteiger partial charge in [0.15, 0.2) is 0 Å². The van der Waals surface area contributed by atoms with Crippen molar-refractivity contribution >= 4 is 11.7 Å². The van der Waals surface area contributed by atoms with Gasteiger partial charge in [-0.1, -0.05) is 6.92 Å². The monoisotopic (exact) mass is 274 g/mol. The maximum absolute atomic E-state index is 12.2. The van der Waals surface area contributed by atoms with Crippen LogP contribution in [-0.2, 0) is 9.53 Å². The molecule has 0 radical (unpaired) electrons. The first kappa shape index (κ1) is 14.3. The lowest BCUT2D eigenvalue weighted by atomic mass is 10.2. The molecule has 1 N–H and O–H groups in total. The standard InChI is InChI=1S/C14H18N4O2/c1-2-4-17-14(19)12-10-20-7-6-18(12)13-8-11(9-15)3-5-16-13/h3,5,8,12H,2,4,6-7,10H2,1H3,(H,17,19). The fraction of sp³-hybridized carbons (Fsp3) is 0.500. The third-order valence-electron chi connectivity index (χ3n) is 3.15. The number of ether oxygens (including phenoxy) is 1. The number of rotatable bonds is 4. The van der Waals surface area contributed by atoms with Gasteiger partial charge in [-0.15, -0.1) is 0 Å². The predicted octanol–water partition coefficient (Wildman–Crippen LogP) is 0.685. The maximum atomic E-state index is 12.2. The number of aromatic nitrogens is 1. The van der Waals surface area contributed by atoms with E-state index in [2.05, 4.69) is 16.4 Å². The number of morpholine rings is 1. The van der Waals surface area contributed by atoms with Gasteiger partial charge >= 0.3 is 0 Å². The van der Waals surface area contributed by atoms with E-state index in [0.717, 1.165) is 6.42 Å². The van der Waals surface area contributed by atoms with E-state index in [1.54, 1.807) is 18.3 Å². The van der Waals surface area contributed by atoms with Gasteiger partial charge in [0, 0.05) is 19.3 Å². The minimum absolute atomic E-state index is 0.0595. The third kappa shape index (κ3) is 3.25. The topological polar surface area (TPSA) is 78.2 Å². The zero-order chi connectivity index (χ0) is 14.4. The van der Waals surface area contributed by atoms with E-state index < -0.39 is 6.04 Å². The van der Waals surface area contributed by atoms with Crippen LogP contribution < -0.4 is 10.2 Å². The van der Waals surface area contributed by atoms with Crippen molar-refractivity contribution in [1.82, 2.24) is 10.3 Å². The summed E-state index contributed by atoms with van der Waals surface area (Å²) in [4.78, 5) is 18.3. The first-order valence-electron chi connectivity index (χ1n) is 6.74. The highest BCUT2D eigenvalue weighted by Gasteiger charge is 2.30. The summed E-state index contributed by atoms with van der Waals surface area (Å²) in [5, 5.41) is 11.8. The van der Waals surface area contributed by atoms with Crippen molar-refractivity contribution in [2.75, 3.05) is 31.2 Å². The number of carbonyl (C=O) groups is 1. The van der Waals surface area contributed by atoms with Crippen LogP contribution in [0.4, 0.5) is 5.82 Å². The van der Waals surface area contributed by atoms with E-state index >= 15 is 0 Å². The predicted molar refractivity (Wildman–Crippen MR) is 74.2 cm³/mol. The van der Waals surface area contributed by atoms with Crippen LogP contribution in [0.25, 0.3) is 0 Å². The number of nitriles is 1. The first-order chi connectivity index (χ1) is 9.76. The summed E-state index contributed by atoms with van der Waals surface area (Å²) in [6.45, 7) is 4.14. The molecule has 0 aliphatic carbocycles. The number of carbonyl (C=O) groups excluding carboxylic acids is 1. The fourth-order valence-electron chi connectivity index (χ4n) is 2.11. The van der Waals surface area contributed by atoms with Gasteiger partial charge in [-0.3, -0.25) is 4.79 Å². The van der Waals surface area contributed by atoms with Gasteiger partial charge < -0.3 is 15.0 Å². The van der Waals surface area contributed by atoms with Crippen LogP contribution in [0.2, 0.25) is 0 Å². The van der Waals surface area contributed by atoms with Crippen LogP contribution in [-0.4, -0.2) is 43.2 Å². The van der Waals surface area contributed by atoms with Crippen LogP contribution >= 0.6 is 0 Å². The lowest BCUT2D eigenvalue weighted by molar-refractivity contribution is -0.124. The summed E-state index contributed by atoms with van der Waals surface area (Å²) in [6.07, 6.45) is 2.48. The Labute approximate surface area is 118 Å². The lowest BCUT2D eigenvalue weighted by Crippen LogP contribution is -2.54. The molecule has 2 rings (SSSR count). The Bertz CT molecular complexity index is 512. The molecule has 0 spiro atoms. The molecule has 1 aromatic heterocycles. The zero-order valence-electron chi connectivity index (χ0n) is 11.5. The second kappa shape index (κ2) is 6.87. The van der Waals surface area contributed by atoms with Crippen molar-refractivity contribution in [3.8, 4) is 6.07 Å². The highest BCUT2D eigenvalue weighted by Crippen LogP contribution is 2.18. The van der Waals surface area contributed by atoms with Crippen molar-refractivity contribution < 1.29 is 9.53 Å². The molecule has 1 saturated heterocycles. The van der Waals surface area contributed by atoms with Gasteiger partial charge in [-0.05, 0) is 18.6 Å². The second-order valence-corrected chi connectivity index (χ2v) is 4.59. The van der Waals surface area contributed by atoms with Crippen molar-refractivity contribution in [1.29, 1.82) is 5.26 Å². The molecule has 0 aromatic carbocycles. The number of amides is 1. The smallest absolute Gasteiger partial charge is 0.245 e. The Morgan fingerprint density at radius 3 is 3.30 bits per heavy atom. The summed E-state index contributed by atoms with van der Waals surface area (Å²) >= 11 is 0. The maximum Gasteiger partial charge on any atom is 0.245 e. The molecule has 6 heteroatoms. The Kier molecular flexibility index (Phi) is 4.91. The van der Waals surface area contributed by atoms with Crippen molar-refractivity contribution in [2.24, 2.45) is 0 Å². The molecular weight excluding hydrogens is 256 g/mol. The van der Waals surface area contributed by atoms with E-state index in [4.69, 9.17) is 10.00 Å². The molecule has 0 saturated carbocycles. The molecule has 1 aliphatic rings. The van der Waals surface area contributed by atoms with E-state index in [1.807, 2.05) is 11.8 Å². The fourth-order valence-corrected chi connectivity index (χ4v) is 2.11. The molecular formula is C14H18N4O2. The molecule has 1 fully saturated rings. The Hall–Kier alpha value is -2.13. The number of pyridine rings is 1. The van der Waals surface area contributed by atoms with Crippen LogP contribution in [0.5, 0.6) is 0 Å². The van der Waals surface area contributed by atoms with Crippen molar-refractivity contribution in [2.45, 2.75) is 19.4 Å². The van der Waals surface area contributed by atoms with Crippen LogP contribution in [0.3, 0.4) is 0 Å². The molecule has 2 heterocycles. The lowest BCUT2D eigenvalue weighted by Gasteiger charge is -2.35. The molecule has 1 unspecified atom stereocenters. The first-order valence-corrected chi connectivity index (χ1v) is 6.74. The molecule has 1 amide bonds. The average Bonchev–Trinajstić information content (AvgIpc) is 2.52. The third-order valence-corrected chi connectivity index (χ3v) is 3.15. The minimum Gasteiger partial charge on any atom is -0.377 e. The SMILES string of the molecule is CCCNC(=O)C1COCCN1c1cc(C#N)ccn1. The zero-order valence-corrected chi connectivity index (χ0v) is 11.5. The molecule has 6 nitrogen and oxygen atoms in total. The van der Waals surface area contributed by atoms with Gasteiger partial charge in [0.25, 0.3) is 0 Å². The van der Waals surface area contributed by atoms with Crippen LogP contribution in [0.15, 0.2) is 18.3 Å². The van der Waals surface area contributed by atoms with Crippen molar-refractivity contribution in [3.05, 3.63) is 23.9 Å². The molecule has 106 valence electrons. The van der Waals surface area contributed by atoms with Gasteiger partial charge in [0.05, 0.1) is 24.8 Å². The highest BCUT2D eigenvalue weighted by molar-refractivity contribution is 5.85. The number of hydrogen-bond acceptors (Lipinski definition) is 5. The van der Waals surface area contributed by atoms with Crippen LogP contribution in [0.1, 0.15) is 18.9 Å². The van der Waals surface area contributed by atoms with Gasteiger partial charge in [-0.2, -0.15) is 5.26 Å². The Morgan fingerprint density at radius 1 is 1.70 bits per heavy atom. The number of nitrogens with one attached hydrogen (secondary N) is 1. The summed E-state index contributed by atoms with van der Waals surface area (Å²) < 4.78 is 5.40. The van der Waals surface area contributed by atoms with E-state index in [1.165, 1.54) is 0 Å². The number of nitrogens with zero attached hydrogens (tertiary/aromatic N) is 3. The number of anilines is 1. The highest BCUT2D eigenvalue weighted by atomic mass is 16.5. The Morgan fingerprint density at radius 2 is 2.55 bits per heavy atom. The second-order valence-electron chi connectivity index (χ2n) is 4.59.